The summed E-state index contributed by atoms with van der Waals surface area (Å²) >= 11 is 0. The van der Waals surface area contributed by atoms with Gasteiger partial charge in [-0.15, -0.1) is 0 Å². The van der Waals surface area contributed by atoms with Crippen LogP contribution < -0.4 is 0 Å². The molecule has 2 heteroatoms. The number of carboxylic acids is 1. The molecule has 26 heavy (non-hydrogen) atoms. The number of carboxylic acid groups (broad SMARTS) is 1. The molecule has 124 valence electrons. The van der Waals surface area contributed by atoms with E-state index in [-0.39, 0.29) is 0 Å². The Balaban J connectivity index is 1.65. The molecule has 0 saturated carbocycles. The van der Waals surface area contributed by atoms with Crippen LogP contribution in [0.3, 0.4) is 0 Å². The first kappa shape index (κ1) is 14.9. The van der Waals surface area contributed by atoms with Gasteiger partial charge in [-0.25, -0.2) is 4.79 Å². The van der Waals surface area contributed by atoms with Gasteiger partial charge in [0.05, 0.1) is 5.56 Å². The van der Waals surface area contributed by atoms with Crippen LogP contribution >= 0.6 is 0 Å². The standard InChI is InChI=1S/C24H16O2/c25-24(26)19-11-9-15-12-18(10-8-16(15)13-19)21-6-3-7-22-20-5-2-1-4-17(20)14-23(21)22/h1-13H,14H2,(H,25,26). The minimum Gasteiger partial charge on any atom is -0.478 e. The molecule has 5 rings (SSSR count). The third kappa shape index (κ3) is 2.23. The molecule has 2 nitrogen and oxygen atoms in total. The molecule has 0 atom stereocenters. The highest BCUT2D eigenvalue weighted by atomic mass is 16.4. The number of rotatable bonds is 2. The molecule has 4 aromatic carbocycles. The van der Waals surface area contributed by atoms with Crippen molar-refractivity contribution >= 4 is 16.7 Å². The van der Waals surface area contributed by atoms with Gasteiger partial charge in [-0.05, 0) is 68.8 Å². The second-order valence-electron chi connectivity index (χ2n) is 6.75. The molecule has 0 unspecified atom stereocenters. The summed E-state index contributed by atoms with van der Waals surface area (Å²) in [4.78, 5) is 11.2. The van der Waals surface area contributed by atoms with Crippen LogP contribution in [0.15, 0.2) is 78.9 Å². The fraction of sp³-hybridized carbons (Fsp3) is 0.0417. The van der Waals surface area contributed by atoms with Gasteiger partial charge < -0.3 is 5.11 Å². The maximum Gasteiger partial charge on any atom is 0.335 e. The molecule has 1 aliphatic rings. The quantitative estimate of drug-likeness (QED) is 0.444. The van der Waals surface area contributed by atoms with Crippen molar-refractivity contribution in [3.8, 4) is 22.3 Å². The van der Waals surface area contributed by atoms with Crippen LogP contribution in [0.2, 0.25) is 0 Å². The van der Waals surface area contributed by atoms with Crippen molar-refractivity contribution in [1.82, 2.24) is 0 Å². The Labute approximate surface area is 151 Å². The molecular weight excluding hydrogens is 320 g/mol. The van der Waals surface area contributed by atoms with Gasteiger partial charge in [0.1, 0.15) is 0 Å². The predicted octanol–water partition coefficient (Wildman–Crippen LogP) is 5.78. The van der Waals surface area contributed by atoms with Gasteiger partial charge in [-0.2, -0.15) is 0 Å². The van der Waals surface area contributed by atoms with E-state index in [0.29, 0.717) is 5.56 Å². The first-order valence-electron chi connectivity index (χ1n) is 8.68. The van der Waals surface area contributed by atoms with Crippen LogP contribution in [0.25, 0.3) is 33.0 Å². The summed E-state index contributed by atoms with van der Waals surface area (Å²) in [5.74, 6) is -0.894. The zero-order valence-corrected chi connectivity index (χ0v) is 14.1. The van der Waals surface area contributed by atoms with Crippen molar-refractivity contribution < 1.29 is 9.90 Å². The summed E-state index contributed by atoms with van der Waals surface area (Å²) in [6.07, 6.45) is 0.956. The summed E-state index contributed by atoms with van der Waals surface area (Å²) in [6.45, 7) is 0. The van der Waals surface area contributed by atoms with Crippen molar-refractivity contribution in [2.45, 2.75) is 6.42 Å². The summed E-state index contributed by atoms with van der Waals surface area (Å²) in [6, 6.07) is 26.6. The number of carbonyl (C=O) groups is 1. The summed E-state index contributed by atoms with van der Waals surface area (Å²) in [5.41, 5.74) is 8.14. The minimum absolute atomic E-state index is 0.321. The number of benzene rings is 4. The Morgan fingerprint density at radius 2 is 1.46 bits per heavy atom. The third-order valence-corrected chi connectivity index (χ3v) is 5.25. The molecule has 0 bridgehead atoms. The lowest BCUT2D eigenvalue weighted by Gasteiger charge is -2.10. The molecule has 0 saturated heterocycles. The number of fused-ring (bicyclic) bond motifs is 4. The van der Waals surface area contributed by atoms with Crippen LogP contribution in [0.5, 0.6) is 0 Å². The highest BCUT2D eigenvalue weighted by Crippen LogP contribution is 2.41. The van der Waals surface area contributed by atoms with Gasteiger partial charge in [-0.1, -0.05) is 60.7 Å². The highest BCUT2D eigenvalue weighted by Gasteiger charge is 2.21. The molecule has 0 amide bonds. The van der Waals surface area contributed by atoms with Gasteiger partial charge in [0.15, 0.2) is 0 Å². The topological polar surface area (TPSA) is 37.3 Å². The monoisotopic (exact) mass is 336 g/mol. The Morgan fingerprint density at radius 1 is 0.731 bits per heavy atom. The molecule has 4 aromatic rings. The lowest BCUT2D eigenvalue weighted by atomic mass is 9.94. The Kier molecular flexibility index (Phi) is 3.19. The largest absolute Gasteiger partial charge is 0.478 e. The predicted molar refractivity (Wildman–Crippen MR) is 105 cm³/mol. The summed E-state index contributed by atoms with van der Waals surface area (Å²) < 4.78 is 0. The molecular formula is C24H16O2. The molecule has 0 heterocycles. The average Bonchev–Trinajstić information content (AvgIpc) is 3.06. The van der Waals surface area contributed by atoms with Crippen LogP contribution in [0, 0.1) is 0 Å². The molecule has 0 aliphatic heterocycles. The zero-order valence-electron chi connectivity index (χ0n) is 14.1. The fourth-order valence-corrected chi connectivity index (χ4v) is 3.97. The lowest BCUT2D eigenvalue weighted by molar-refractivity contribution is 0.0697. The smallest absolute Gasteiger partial charge is 0.335 e. The van der Waals surface area contributed by atoms with E-state index in [4.69, 9.17) is 5.11 Å². The lowest BCUT2D eigenvalue weighted by Crippen LogP contribution is -1.95. The van der Waals surface area contributed by atoms with E-state index in [9.17, 15) is 4.79 Å². The Bertz CT molecular complexity index is 1190. The van der Waals surface area contributed by atoms with Gasteiger partial charge in [0.25, 0.3) is 0 Å². The Hall–Kier alpha value is -3.39. The van der Waals surface area contributed by atoms with E-state index in [1.54, 1.807) is 12.1 Å². The van der Waals surface area contributed by atoms with Gasteiger partial charge in [0, 0.05) is 0 Å². The molecule has 0 aromatic heterocycles. The second kappa shape index (κ2) is 5.57. The normalized spacial score (nSPS) is 12.0. The molecule has 1 N–H and O–H groups in total. The molecule has 0 fully saturated rings. The van der Waals surface area contributed by atoms with Gasteiger partial charge in [-0.3, -0.25) is 0 Å². The maximum absolute atomic E-state index is 11.2. The van der Waals surface area contributed by atoms with E-state index in [0.717, 1.165) is 17.2 Å². The fourth-order valence-electron chi connectivity index (χ4n) is 3.97. The van der Waals surface area contributed by atoms with E-state index in [1.807, 2.05) is 12.1 Å². The number of aromatic carboxylic acids is 1. The van der Waals surface area contributed by atoms with Crippen LogP contribution in [0.4, 0.5) is 0 Å². The van der Waals surface area contributed by atoms with Crippen molar-refractivity contribution in [2.24, 2.45) is 0 Å². The Morgan fingerprint density at radius 3 is 2.35 bits per heavy atom. The molecule has 0 spiro atoms. The first-order chi connectivity index (χ1) is 12.7. The maximum atomic E-state index is 11.2. The van der Waals surface area contributed by atoms with Gasteiger partial charge in [0.2, 0.25) is 0 Å². The number of hydrogen-bond acceptors (Lipinski definition) is 1. The molecule has 1 aliphatic carbocycles. The average molecular weight is 336 g/mol. The van der Waals surface area contributed by atoms with Crippen molar-refractivity contribution in [1.29, 1.82) is 0 Å². The zero-order chi connectivity index (χ0) is 17.7. The van der Waals surface area contributed by atoms with Crippen molar-refractivity contribution in [2.75, 3.05) is 0 Å². The van der Waals surface area contributed by atoms with Gasteiger partial charge >= 0.3 is 5.97 Å². The summed E-state index contributed by atoms with van der Waals surface area (Å²) in [5, 5.41) is 11.2. The number of hydrogen-bond donors (Lipinski definition) is 1. The first-order valence-corrected chi connectivity index (χ1v) is 8.68. The summed E-state index contributed by atoms with van der Waals surface area (Å²) in [7, 11) is 0. The van der Waals surface area contributed by atoms with Crippen molar-refractivity contribution in [3.63, 3.8) is 0 Å². The highest BCUT2D eigenvalue weighted by molar-refractivity contribution is 5.96. The van der Waals surface area contributed by atoms with Crippen LogP contribution in [-0.4, -0.2) is 11.1 Å². The third-order valence-electron chi connectivity index (χ3n) is 5.25. The second-order valence-corrected chi connectivity index (χ2v) is 6.75. The van der Waals surface area contributed by atoms with Crippen LogP contribution in [-0.2, 0) is 6.42 Å². The van der Waals surface area contributed by atoms with E-state index in [1.165, 1.54) is 33.4 Å². The minimum atomic E-state index is -0.894. The SMILES string of the molecule is O=C(O)c1ccc2cc(-c3cccc4c3Cc3ccccc3-4)ccc2c1. The van der Waals surface area contributed by atoms with Crippen LogP contribution in [0.1, 0.15) is 21.5 Å². The molecule has 0 radical (unpaired) electrons. The van der Waals surface area contributed by atoms with E-state index >= 15 is 0 Å². The van der Waals surface area contributed by atoms with E-state index in [2.05, 4.69) is 54.6 Å². The van der Waals surface area contributed by atoms with Crippen molar-refractivity contribution in [3.05, 3.63) is 95.6 Å². The van der Waals surface area contributed by atoms with E-state index < -0.39 is 5.97 Å².